The normalized spacial score (nSPS) is 11.6. The number of aryl methyl sites for hydroxylation is 1. The van der Waals surface area contributed by atoms with Crippen molar-refractivity contribution in [1.82, 2.24) is 4.72 Å². The largest absolute Gasteiger partial charge is 0.481 e. The number of benzene rings is 1. The zero-order valence-corrected chi connectivity index (χ0v) is 12.4. The van der Waals surface area contributed by atoms with Crippen molar-refractivity contribution in [2.45, 2.75) is 26.7 Å². The van der Waals surface area contributed by atoms with Crippen LogP contribution in [0.4, 0.5) is 5.69 Å². The fraction of sp³-hybridized carbons (Fsp3) is 0.462. The highest BCUT2D eigenvalue weighted by Gasteiger charge is 2.10. The van der Waals surface area contributed by atoms with Crippen molar-refractivity contribution in [3.8, 4) is 0 Å². The summed E-state index contributed by atoms with van der Waals surface area (Å²) in [5.74, 6) is -0.664. The van der Waals surface area contributed by atoms with Gasteiger partial charge >= 0.3 is 5.97 Å². The van der Waals surface area contributed by atoms with Crippen LogP contribution < -0.4 is 9.44 Å². The van der Waals surface area contributed by atoms with Crippen molar-refractivity contribution < 1.29 is 18.3 Å². The highest BCUT2D eigenvalue weighted by Crippen LogP contribution is 2.13. The second kappa shape index (κ2) is 7.25. The third kappa shape index (κ3) is 6.53. The summed E-state index contributed by atoms with van der Waals surface area (Å²) in [6.45, 7) is 4.18. The minimum atomic E-state index is -3.59. The lowest BCUT2D eigenvalue weighted by atomic mass is 10.1. The molecule has 0 saturated heterocycles. The first-order valence-corrected chi connectivity index (χ1v) is 7.85. The van der Waals surface area contributed by atoms with Crippen molar-refractivity contribution in [2.75, 3.05) is 11.3 Å². The van der Waals surface area contributed by atoms with E-state index in [1.54, 1.807) is 24.3 Å². The van der Waals surface area contributed by atoms with Gasteiger partial charge in [-0.05, 0) is 30.0 Å². The third-order valence-electron chi connectivity index (χ3n) is 2.49. The number of carboxylic acids is 1. The van der Waals surface area contributed by atoms with E-state index >= 15 is 0 Å². The Kier molecular flexibility index (Phi) is 5.97. The number of rotatable bonds is 8. The quantitative estimate of drug-likeness (QED) is 0.679. The Labute approximate surface area is 119 Å². The van der Waals surface area contributed by atoms with Crippen LogP contribution in [0.2, 0.25) is 0 Å². The first kappa shape index (κ1) is 16.5. The monoisotopic (exact) mass is 300 g/mol. The smallest absolute Gasteiger partial charge is 0.303 e. The zero-order valence-electron chi connectivity index (χ0n) is 11.6. The van der Waals surface area contributed by atoms with E-state index in [-0.39, 0.29) is 12.3 Å². The van der Waals surface area contributed by atoms with Crippen LogP contribution in [0.15, 0.2) is 24.3 Å². The van der Waals surface area contributed by atoms with Crippen molar-refractivity contribution in [3.63, 3.8) is 0 Å². The van der Waals surface area contributed by atoms with Crippen LogP contribution in [0, 0.1) is 5.92 Å². The summed E-state index contributed by atoms with van der Waals surface area (Å²) in [4.78, 5) is 10.5. The highest BCUT2D eigenvalue weighted by atomic mass is 32.2. The van der Waals surface area contributed by atoms with Gasteiger partial charge in [0.25, 0.3) is 10.2 Å². The SMILES string of the molecule is CC(C)CNS(=O)(=O)Nc1cccc(CCC(=O)O)c1. The number of nitrogens with one attached hydrogen (secondary N) is 2. The molecule has 1 rings (SSSR count). The van der Waals surface area contributed by atoms with Crippen LogP contribution in [0.3, 0.4) is 0 Å². The molecule has 0 heterocycles. The van der Waals surface area contributed by atoms with Crippen LogP contribution in [0.1, 0.15) is 25.8 Å². The first-order chi connectivity index (χ1) is 9.28. The van der Waals surface area contributed by atoms with Crippen molar-refractivity contribution in [2.24, 2.45) is 5.92 Å². The average Bonchev–Trinajstić information content (AvgIpc) is 2.34. The van der Waals surface area contributed by atoms with Gasteiger partial charge in [-0.3, -0.25) is 9.52 Å². The van der Waals surface area contributed by atoms with Gasteiger partial charge in [-0.15, -0.1) is 0 Å². The molecular weight excluding hydrogens is 280 g/mol. The Morgan fingerprint density at radius 3 is 2.65 bits per heavy atom. The van der Waals surface area contributed by atoms with Gasteiger partial charge in [-0.2, -0.15) is 13.1 Å². The van der Waals surface area contributed by atoms with Crippen LogP contribution >= 0.6 is 0 Å². The molecule has 0 fully saturated rings. The van der Waals surface area contributed by atoms with Gasteiger partial charge in [-0.25, -0.2) is 0 Å². The zero-order chi connectivity index (χ0) is 15.2. The molecule has 0 atom stereocenters. The van der Waals surface area contributed by atoms with Gasteiger partial charge in [0.2, 0.25) is 0 Å². The summed E-state index contributed by atoms with van der Waals surface area (Å²) in [5, 5.41) is 8.63. The number of anilines is 1. The van der Waals surface area contributed by atoms with E-state index in [2.05, 4.69) is 9.44 Å². The Balaban J connectivity index is 2.67. The van der Waals surface area contributed by atoms with E-state index in [0.29, 0.717) is 18.7 Å². The molecule has 0 aromatic heterocycles. The maximum absolute atomic E-state index is 11.8. The topological polar surface area (TPSA) is 95.5 Å². The average molecular weight is 300 g/mol. The van der Waals surface area contributed by atoms with Crippen LogP contribution in [-0.2, 0) is 21.4 Å². The van der Waals surface area contributed by atoms with Gasteiger partial charge in [-0.1, -0.05) is 26.0 Å². The number of hydrogen-bond acceptors (Lipinski definition) is 3. The van der Waals surface area contributed by atoms with E-state index in [4.69, 9.17) is 5.11 Å². The highest BCUT2D eigenvalue weighted by molar-refractivity contribution is 7.90. The first-order valence-electron chi connectivity index (χ1n) is 6.36. The summed E-state index contributed by atoms with van der Waals surface area (Å²) in [5.41, 5.74) is 1.20. The summed E-state index contributed by atoms with van der Waals surface area (Å²) in [6.07, 6.45) is 0.381. The van der Waals surface area contributed by atoms with E-state index in [1.165, 1.54) is 0 Å². The Bertz CT molecular complexity index is 555. The minimum absolute atomic E-state index is 0.0157. The van der Waals surface area contributed by atoms with Crippen LogP contribution in [-0.4, -0.2) is 26.0 Å². The van der Waals surface area contributed by atoms with Crippen molar-refractivity contribution in [3.05, 3.63) is 29.8 Å². The lowest BCUT2D eigenvalue weighted by Gasteiger charge is -2.11. The van der Waals surface area contributed by atoms with Gasteiger partial charge < -0.3 is 5.11 Å². The van der Waals surface area contributed by atoms with Gasteiger partial charge in [0.05, 0.1) is 5.69 Å². The summed E-state index contributed by atoms with van der Waals surface area (Å²) >= 11 is 0. The molecule has 0 bridgehead atoms. The van der Waals surface area contributed by atoms with E-state index in [1.807, 2.05) is 13.8 Å². The van der Waals surface area contributed by atoms with Gasteiger partial charge in [0.1, 0.15) is 0 Å². The predicted octanol–water partition coefficient (Wildman–Crippen LogP) is 1.61. The van der Waals surface area contributed by atoms with Gasteiger partial charge in [0, 0.05) is 13.0 Å². The lowest BCUT2D eigenvalue weighted by Crippen LogP contribution is -2.32. The number of hydrogen-bond donors (Lipinski definition) is 3. The molecule has 1 aromatic rings. The molecule has 0 radical (unpaired) electrons. The molecule has 0 amide bonds. The summed E-state index contributed by atoms with van der Waals surface area (Å²) in [7, 11) is -3.59. The molecule has 7 heteroatoms. The molecule has 20 heavy (non-hydrogen) atoms. The molecule has 0 unspecified atom stereocenters. The molecule has 1 aromatic carbocycles. The Morgan fingerprint density at radius 1 is 1.35 bits per heavy atom. The third-order valence-corrected chi connectivity index (χ3v) is 3.54. The van der Waals surface area contributed by atoms with Crippen molar-refractivity contribution >= 4 is 21.9 Å². The number of aliphatic carboxylic acids is 1. The molecule has 112 valence electrons. The van der Waals surface area contributed by atoms with E-state index in [0.717, 1.165) is 5.56 Å². The molecule has 0 aliphatic rings. The molecule has 0 saturated carbocycles. The van der Waals surface area contributed by atoms with E-state index < -0.39 is 16.2 Å². The molecular formula is C13H20N2O4S. The Morgan fingerprint density at radius 2 is 2.05 bits per heavy atom. The fourth-order valence-corrected chi connectivity index (χ4v) is 2.57. The maximum atomic E-state index is 11.8. The number of carboxylic acid groups (broad SMARTS) is 1. The second-order valence-corrected chi connectivity index (χ2v) is 6.44. The fourth-order valence-electron chi connectivity index (χ4n) is 1.51. The van der Waals surface area contributed by atoms with Crippen LogP contribution in [0.25, 0.3) is 0 Å². The second-order valence-electron chi connectivity index (χ2n) is 4.94. The minimum Gasteiger partial charge on any atom is -0.481 e. The molecule has 0 spiro atoms. The lowest BCUT2D eigenvalue weighted by molar-refractivity contribution is -0.136. The molecule has 6 nitrogen and oxygen atoms in total. The maximum Gasteiger partial charge on any atom is 0.303 e. The number of carbonyl (C=O) groups is 1. The summed E-state index contributed by atoms with van der Waals surface area (Å²) in [6, 6.07) is 6.72. The van der Waals surface area contributed by atoms with Crippen LogP contribution in [0.5, 0.6) is 0 Å². The Hall–Kier alpha value is -1.60. The van der Waals surface area contributed by atoms with Gasteiger partial charge in [0.15, 0.2) is 0 Å². The summed E-state index contributed by atoms with van der Waals surface area (Å²) < 4.78 is 28.4. The molecule has 3 N–H and O–H groups in total. The predicted molar refractivity (Wildman–Crippen MR) is 77.8 cm³/mol. The molecule has 0 aliphatic carbocycles. The molecule has 0 aliphatic heterocycles. The van der Waals surface area contributed by atoms with Crippen molar-refractivity contribution in [1.29, 1.82) is 0 Å². The standard InChI is InChI=1S/C13H20N2O4S/c1-10(2)9-14-20(18,19)15-12-5-3-4-11(8-12)6-7-13(16)17/h3-5,8,10,14-15H,6-7,9H2,1-2H3,(H,16,17). The van der Waals surface area contributed by atoms with E-state index in [9.17, 15) is 13.2 Å².